The first-order chi connectivity index (χ1) is 7.20. The Labute approximate surface area is 93.3 Å². The molecule has 0 N–H and O–H groups in total. The van der Waals surface area contributed by atoms with Crippen LogP contribution >= 0.6 is 11.8 Å². The van der Waals surface area contributed by atoms with Crippen molar-refractivity contribution in [2.45, 2.75) is 11.8 Å². The Bertz CT molecular complexity index is 435. The van der Waals surface area contributed by atoms with Crippen LogP contribution < -0.4 is 4.74 Å². The predicted molar refractivity (Wildman–Crippen MR) is 62.4 cm³/mol. The number of hydrogen-bond acceptors (Lipinski definition) is 3. The van der Waals surface area contributed by atoms with Crippen LogP contribution in [0, 0.1) is 0 Å². The second-order valence-electron chi connectivity index (χ2n) is 3.42. The summed E-state index contributed by atoms with van der Waals surface area (Å²) in [5, 5.41) is 0. The van der Waals surface area contributed by atoms with E-state index < -0.39 is 0 Å². The summed E-state index contributed by atoms with van der Waals surface area (Å²) in [7, 11) is 1.65. The molecule has 0 spiro atoms. The molecule has 1 aliphatic rings. The molecule has 3 heteroatoms. The van der Waals surface area contributed by atoms with E-state index in [9.17, 15) is 4.79 Å². The lowest BCUT2D eigenvalue weighted by Crippen LogP contribution is -2.03. The maximum Gasteiger partial charge on any atom is 0.156 e. The van der Waals surface area contributed by atoms with E-state index in [1.165, 1.54) is 4.90 Å². The normalized spacial score (nSPS) is 14.1. The van der Waals surface area contributed by atoms with Crippen LogP contribution in [0.3, 0.4) is 0 Å². The highest BCUT2D eigenvalue weighted by Gasteiger charge is 2.14. The lowest BCUT2D eigenvalue weighted by Gasteiger charge is -2.14. The van der Waals surface area contributed by atoms with Gasteiger partial charge in [-0.1, -0.05) is 0 Å². The highest BCUT2D eigenvalue weighted by molar-refractivity contribution is 7.99. The van der Waals surface area contributed by atoms with Crippen LogP contribution in [-0.4, -0.2) is 18.6 Å². The first-order valence-electron chi connectivity index (χ1n) is 4.73. The number of Topliss-reactive ketones (excluding diaryl/α,β-unsaturated/α-hetero) is 1. The van der Waals surface area contributed by atoms with Gasteiger partial charge in [0, 0.05) is 16.2 Å². The van der Waals surface area contributed by atoms with E-state index in [1.807, 2.05) is 24.3 Å². The number of ether oxygens (including phenoxy) is 1. The molecule has 0 saturated carbocycles. The molecule has 0 atom stereocenters. The first kappa shape index (κ1) is 10.3. The lowest BCUT2D eigenvalue weighted by molar-refractivity contribution is -0.113. The molecule has 1 aliphatic heterocycles. The quantitative estimate of drug-likeness (QED) is 0.766. The fourth-order valence-electron chi connectivity index (χ4n) is 1.49. The Kier molecular flexibility index (Phi) is 2.82. The minimum Gasteiger partial charge on any atom is -0.497 e. The number of hydrogen-bond donors (Lipinski definition) is 0. The minimum absolute atomic E-state index is 0.149. The van der Waals surface area contributed by atoms with Crippen molar-refractivity contribution in [1.29, 1.82) is 0 Å². The molecule has 0 aromatic heterocycles. The summed E-state index contributed by atoms with van der Waals surface area (Å²) >= 11 is 1.70. The van der Waals surface area contributed by atoms with Gasteiger partial charge in [0.25, 0.3) is 0 Å². The number of carbonyl (C=O) groups excluding carboxylic acids is 1. The van der Waals surface area contributed by atoms with E-state index >= 15 is 0 Å². The molecular formula is C12H12O2S. The number of rotatable bonds is 2. The third-order valence-electron chi connectivity index (χ3n) is 2.38. The molecular weight excluding hydrogens is 208 g/mol. The second-order valence-corrected chi connectivity index (χ2v) is 4.44. The van der Waals surface area contributed by atoms with Crippen LogP contribution in [0.2, 0.25) is 0 Å². The Morgan fingerprint density at radius 3 is 2.93 bits per heavy atom. The number of ketones is 1. The molecule has 2 nitrogen and oxygen atoms in total. The largest absolute Gasteiger partial charge is 0.497 e. The Hall–Kier alpha value is -1.22. The van der Waals surface area contributed by atoms with Gasteiger partial charge >= 0.3 is 0 Å². The molecule has 1 aromatic carbocycles. The maximum absolute atomic E-state index is 11.3. The van der Waals surface area contributed by atoms with Crippen LogP contribution in [0.4, 0.5) is 0 Å². The van der Waals surface area contributed by atoms with Gasteiger partial charge in [-0.2, -0.15) is 0 Å². The summed E-state index contributed by atoms with van der Waals surface area (Å²) in [6.45, 7) is 1.61. The molecule has 0 amide bonds. The average molecular weight is 220 g/mol. The van der Waals surface area contributed by atoms with Crippen molar-refractivity contribution in [3.8, 4) is 5.75 Å². The topological polar surface area (TPSA) is 26.3 Å². The van der Waals surface area contributed by atoms with E-state index in [0.29, 0.717) is 0 Å². The Morgan fingerprint density at radius 2 is 2.27 bits per heavy atom. The molecule has 0 unspecified atom stereocenters. The molecule has 1 heterocycles. The minimum atomic E-state index is 0.149. The fourth-order valence-corrected chi connectivity index (χ4v) is 2.53. The van der Waals surface area contributed by atoms with E-state index in [4.69, 9.17) is 4.74 Å². The summed E-state index contributed by atoms with van der Waals surface area (Å²) < 4.78 is 5.15. The monoisotopic (exact) mass is 220 g/mol. The van der Waals surface area contributed by atoms with Gasteiger partial charge < -0.3 is 4.74 Å². The molecule has 0 fully saturated rings. The van der Waals surface area contributed by atoms with Gasteiger partial charge in [-0.3, -0.25) is 4.79 Å². The average Bonchev–Trinajstić information content (AvgIpc) is 2.27. The number of carbonyl (C=O) groups is 1. The molecule has 15 heavy (non-hydrogen) atoms. The summed E-state index contributed by atoms with van der Waals surface area (Å²) in [5.74, 6) is 1.75. The Morgan fingerprint density at radius 1 is 1.47 bits per heavy atom. The van der Waals surface area contributed by atoms with E-state index in [-0.39, 0.29) is 5.78 Å². The van der Waals surface area contributed by atoms with Crippen molar-refractivity contribution < 1.29 is 9.53 Å². The maximum atomic E-state index is 11.3. The van der Waals surface area contributed by atoms with Crippen LogP contribution in [-0.2, 0) is 4.79 Å². The molecule has 0 saturated heterocycles. The van der Waals surface area contributed by atoms with Gasteiger partial charge in [0.05, 0.1) is 7.11 Å². The van der Waals surface area contributed by atoms with Gasteiger partial charge in [-0.25, -0.2) is 0 Å². The van der Waals surface area contributed by atoms with Gasteiger partial charge in [-0.05, 0) is 36.8 Å². The van der Waals surface area contributed by atoms with Gasteiger partial charge in [-0.15, -0.1) is 11.8 Å². The molecule has 0 radical (unpaired) electrons. The molecule has 1 aromatic rings. The molecule has 0 aliphatic carbocycles. The number of fused-ring (bicyclic) bond motifs is 1. The number of benzene rings is 1. The van der Waals surface area contributed by atoms with Crippen molar-refractivity contribution in [2.75, 3.05) is 12.9 Å². The summed E-state index contributed by atoms with van der Waals surface area (Å²) in [6.07, 6.45) is 1.96. The van der Waals surface area contributed by atoms with Crippen molar-refractivity contribution in [3.63, 3.8) is 0 Å². The number of thioether (sulfide) groups is 1. The van der Waals surface area contributed by atoms with Gasteiger partial charge in [0.15, 0.2) is 5.78 Å². The molecule has 2 rings (SSSR count). The van der Waals surface area contributed by atoms with Gasteiger partial charge in [0.2, 0.25) is 0 Å². The summed E-state index contributed by atoms with van der Waals surface area (Å²) in [4.78, 5) is 12.5. The van der Waals surface area contributed by atoms with Crippen molar-refractivity contribution >= 4 is 23.6 Å². The van der Waals surface area contributed by atoms with E-state index in [0.717, 1.165) is 22.6 Å². The van der Waals surface area contributed by atoms with Crippen LogP contribution in [0.15, 0.2) is 28.7 Å². The highest BCUT2D eigenvalue weighted by atomic mass is 32.2. The summed E-state index contributed by atoms with van der Waals surface area (Å²) in [5.41, 5.74) is 1.96. The molecule has 0 bridgehead atoms. The second kappa shape index (κ2) is 4.11. The van der Waals surface area contributed by atoms with Crippen LogP contribution in [0.25, 0.3) is 6.08 Å². The third kappa shape index (κ3) is 2.07. The highest BCUT2D eigenvalue weighted by Crippen LogP contribution is 2.34. The van der Waals surface area contributed by atoms with Crippen molar-refractivity contribution in [2.24, 2.45) is 0 Å². The third-order valence-corrected chi connectivity index (χ3v) is 3.52. The fraction of sp³-hybridized carbons (Fsp3) is 0.250. The molecule has 78 valence electrons. The smallest absolute Gasteiger partial charge is 0.156 e. The zero-order valence-electron chi connectivity index (χ0n) is 8.74. The van der Waals surface area contributed by atoms with E-state index in [1.54, 1.807) is 25.8 Å². The van der Waals surface area contributed by atoms with Crippen LogP contribution in [0.1, 0.15) is 12.5 Å². The zero-order valence-corrected chi connectivity index (χ0v) is 9.56. The standard InChI is InChI=1S/C12H12O2S/c1-8(13)10-5-9-6-11(14-2)3-4-12(9)15-7-10/h3-6H,7H2,1-2H3. The van der Waals surface area contributed by atoms with Crippen LogP contribution in [0.5, 0.6) is 5.75 Å². The van der Waals surface area contributed by atoms with E-state index in [2.05, 4.69) is 0 Å². The lowest BCUT2D eigenvalue weighted by atomic mass is 10.1. The summed E-state index contributed by atoms with van der Waals surface area (Å²) in [6, 6.07) is 5.94. The van der Waals surface area contributed by atoms with Gasteiger partial charge in [0.1, 0.15) is 5.75 Å². The van der Waals surface area contributed by atoms with Crippen molar-refractivity contribution in [3.05, 3.63) is 29.3 Å². The number of methoxy groups -OCH3 is 1. The van der Waals surface area contributed by atoms with Crippen molar-refractivity contribution in [1.82, 2.24) is 0 Å². The SMILES string of the molecule is COc1ccc2c(c1)C=C(C(C)=O)CS2. The zero-order chi connectivity index (χ0) is 10.8. The Balaban J connectivity index is 2.43. The predicted octanol–water partition coefficient (Wildman–Crippen LogP) is 2.77. The first-order valence-corrected chi connectivity index (χ1v) is 5.71.